The van der Waals surface area contributed by atoms with E-state index in [1.165, 1.54) is 19.5 Å². The van der Waals surface area contributed by atoms with Gasteiger partial charge in [-0.3, -0.25) is 10.3 Å². The fourth-order valence-corrected chi connectivity index (χ4v) is 1.96. The first-order chi connectivity index (χ1) is 10.7. The molecule has 0 saturated heterocycles. The van der Waals surface area contributed by atoms with E-state index < -0.39 is 5.82 Å². The first kappa shape index (κ1) is 15.9. The van der Waals surface area contributed by atoms with E-state index in [1.807, 2.05) is 25.2 Å². The smallest absolute Gasteiger partial charge is 0.150 e. The number of nitrogens with one attached hydrogen (secondary N) is 2. The summed E-state index contributed by atoms with van der Waals surface area (Å²) in [5.74, 6) is 0.175. The molecular weight excluding hydrogens is 283 g/mol. The third-order valence-corrected chi connectivity index (χ3v) is 3.04. The zero-order chi connectivity index (χ0) is 15.9. The maximum Gasteiger partial charge on any atom is 0.150 e. The van der Waals surface area contributed by atoms with Crippen LogP contribution in [0.5, 0.6) is 0 Å². The van der Waals surface area contributed by atoms with Gasteiger partial charge in [0.2, 0.25) is 0 Å². The molecule has 0 fully saturated rings. The minimum absolute atomic E-state index is 0.235. The van der Waals surface area contributed by atoms with E-state index in [9.17, 15) is 4.39 Å². The second-order valence-electron chi connectivity index (χ2n) is 4.56. The summed E-state index contributed by atoms with van der Waals surface area (Å²) >= 11 is 0. The summed E-state index contributed by atoms with van der Waals surface area (Å²) in [6, 6.07) is 2.97. The number of fused-ring (bicyclic) bond motifs is 1. The maximum absolute atomic E-state index is 13.9. The fraction of sp³-hybridized carbons (Fsp3) is 0.250. The van der Waals surface area contributed by atoms with Crippen LogP contribution in [0.25, 0.3) is 10.9 Å². The molecule has 2 N–H and O–H groups in total. The number of nitrogens with zero attached hydrogens (tertiary/aromatic N) is 2. The van der Waals surface area contributed by atoms with Crippen LogP contribution in [0.3, 0.4) is 0 Å². The van der Waals surface area contributed by atoms with Crippen LogP contribution < -0.4 is 10.8 Å². The zero-order valence-corrected chi connectivity index (χ0v) is 12.9. The summed E-state index contributed by atoms with van der Waals surface area (Å²) in [7, 11) is 1.43. The highest BCUT2D eigenvalue weighted by Crippen LogP contribution is 2.26. The van der Waals surface area contributed by atoms with Crippen molar-refractivity contribution in [2.45, 2.75) is 20.3 Å². The molecule has 2 aromatic rings. The van der Waals surface area contributed by atoms with Gasteiger partial charge in [-0.1, -0.05) is 19.1 Å². The van der Waals surface area contributed by atoms with Crippen molar-refractivity contribution in [2.75, 3.05) is 17.9 Å². The quantitative estimate of drug-likeness (QED) is 0.623. The lowest BCUT2D eigenvalue weighted by Crippen LogP contribution is -2.03. The van der Waals surface area contributed by atoms with Gasteiger partial charge >= 0.3 is 0 Å². The monoisotopic (exact) mass is 302 g/mol. The topological polar surface area (TPSA) is 59.1 Å². The van der Waals surface area contributed by atoms with Crippen LogP contribution in [0, 0.1) is 5.82 Å². The van der Waals surface area contributed by atoms with Crippen LogP contribution in [0.4, 0.5) is 15.9 Å². The lowest BCUT2D eigenvalue weighted by atomic mass is 10.2. The molecule has 1 aromatic carbocycles. The molecule has 0 spiro atoms. The Kier molecular flexibility index (Phi) is 5.43. The van der Waals surface area contributed by atoms with Crippen molar-refractivity contribution in [3.8, 4) is 0 Å². The van der Waals surface area contributed by atoms with Gasteiger partial charge in [-0.25, -0.2) is 14.4 Å². The molecule has 6 heteroatoms. The Morgan fingerprint density at radius 1 is 1.36 bits per heavy atom. The van der Waals surface area contributed by atoms with E-state index in [0.29, 0.717) is 16.7 Å². The van der Waals surface area contributed by atoms with Crippen LogP contribution in [0.2, 0.25) is 0 Å². The van der Waals surface area contributed by atoms with Crippen molar-refractivity contribution < 1.29 is 9.23 Å². The summed E-state index contributed by atoms with van der Waals surface area (Å²) in [5, 5.41) is 3.93. The third-order valence-electron chi connectivity index (χ3n) is 3.04. The lowest BCUT2D eigenvalue weighted by molar-refractivity contribution is 0.269. The molecule has 5 nitrogen and oxygen atoms in total. The van der Waals surface area contributed by atoms with Crippen LogP contribution in [-0.2, 0) is 4.84 Å². The molecule has 0 aliphatic heterocycles. The molecule has 1 aromatic heterocycles. The van der Waals surface area contributed by atoms with Crippen molar-refractivity contribution in [3.63, 3.8) is 0 Å². The normalized spacial score (nSPS) is 12.1. The Balaban J connectivity index is 2.45. The number of benzene rings is 1. The molecule has 0 saturated carbocycles. The van der Waals surface area contributed by atoms with Gasteiger partial charge in [0.05, 0.1) is 18.3 Å². The highest BCUT2D eigenvalue weighted by atomic mass is 19.1. The third kappa shape index (κ3) is 3.59. The number of halogens is 1. The lowest BCUT2D eigenvalue weighted by Gasteiger charge is -2.11. The standard InChI is InChI=1S/C16H19FN4O/c1-4-6-7-11(5-2)20-16-12-8-15(21-22-3)13(17)9-14(12)18-10-19-16/h5-10,21H,4H2,1-3H3,(H,18,19,20)/b7-6-,11-5+. The predicted molar refractivity (Wildman–Crippen MR) is 86.9 cm³/mol. The van der Waals surface area contributed by atoms with Crippen LogP contribution in [0.15, 0.2) is 42.4 Å². The average molecular weight is 302 g/mol. The van der Waals surface area contributed by atoms with Gasteiger partial charge in [0.1, 0.15) is 12.1 Å². The van der Waals surface area contributed by atoms with E-state index in [1.54, 1.807) is 6.07 Å². The number of rotatable bonds is 6. The molecule has 0 aliphatic rings. The molecule has 116 valence electrons. The van der Waals surface area contributed by atoms with Crippen molar-refractivity contribution in [2.24, 2.45) is 0 Å². The van der Waals surface area contributed by atoms with Gasteiger partial charge in [0, 0.05) is 17.1 Å². The fourth-order valence-electron chi connectivity index (χ4n) is 1.96. The predicted octanol–water partition coefficient (Wildman–Crippen LogP) is 4.02. The van der Waals surface area contributed by atoms with Crippen LogP contribution >= 0.6 is 0 Å². The Labute approximate surface area is 128 Å². The number of hydrogen-bond acceptors (Lipinski definition) is 5. The summed E-state index contributed by atoms with van der Waals surface area (Å²) < 4.78 is 13.9. The highest BCUT2D eigenvalue weighted by Gasteiger charge is 2.10. The van der Waals surface area contributed by atoms with Crippen molar-refractivity contribution in [1.29, 1.82) is 0 Å². The Morgan fingerprint density at radius 2 is 2.18 bits per heavy atom. The van der Waals surface area contributed by atoms with Gasteiger partial charge in [-0.2, -0.15) is 0 Å². The molecule has 0 amide bonds. The van der Waals surface area contributed by atoms with Crippen molar-refractivity contribution >= 4 is 22.4 Å². The molecule has 0 bridgehead atoms. The van der Waals surface area contributed by atoms with Gasteiger partial charge < -0.3 is 5.32 Å². The Bertz CT molecular complexity index is 713. The minimum Gasteiger partial charge on any atom is -0.340 e. The second-order valence-corrected chi connectivity index (χ2v) is 4.56. The molecule has 0 atom stereocenters. The van der Waals surface area contributed by atoms with Gasteiger partial charge in [0.25, 0.3) is 0 Å². The van der Waals surface area contributed by atoms with Gasteiger partial charge in [0.15, 0.2) is 5.82 Å². The minimum atomic E-state index is -0.434. The Morgan fingerprint density at radius 3 is 2.86 bits per heavy atom. The van der Waals surface area contributed by atoms with E-state index >= 15 is 0 Å². The summed E-state index contributed by atoms with van der Waals surface area (Å²) in [4.78, 5) is 13.1. The first-order valence-electron chi connectivity index (χ1n) is 7.02. The first-order valence-corrected chi connectivity index (χ1v) is 7.02. The van der Waals surface area contributed by atoms with E-state index in [-0.39, 0.29) is 5.69 Å². The maximum atomic E-state index is 13.9. The van der Waals surface area contributed by atoms with Crippen LogP contribution in [0.1, 0.15) is 20.3 Å². The van der Waals surface area contributed by atoms with Gasteiger partial charge in [-0.05, 0) is 25.5 Å². The summed E-state index contributed by atoms with van der Waals surface area (Å²) in [5.41, 5.74) is 4.17. The van der Waals surface area contributed by atoms with Crippen molar-refractivity contribution in [3.05, 3.63) is 48.2 Å². The molecule has 0 unspecified atom stereocenters. The molecule has 0 radical (unpaired) electrons. The zero-order valence-electron chi connectivity index (χ0n) is 12.9. The number of anilines is 2. The largest absolute Gasteiger partial charge is 0.340 e. The molecule has 1 heterocycles. The van der Waals surface area contributed by atoms with Crippen molar-refractivity contribution in [1.82, 2.24) is 9.97 Å². The van der Waals surface area contributed by atoms with E-state index in [2.05, 4.69) is 27.7 Å². The SMILES string of the molecule is C/C=C(\C=C/CC)Nc1ncnc2cc(F)c(NOC)cc12. The number of aromatic nitrogens is 2. The Hall–Kier alpha value is -2.47. The highest BCUT2D eigenvalue weighted by molar-refractivity contribution is 5.92. The molecular formula is C16H19FN4O. The van der Waals surface area contributed by atoms with Crippen LogP contribution in [-0.4, -0.2) is 17.1 Å². The number of allylic oxidation sites excluding steroid dienone is 3. The van der Waals surface area contributed by atoms with E-state index in [0.717, 1.165) is 12.1 Å². The molecule has 0 aliphatic carbocycles. The average Bonchev–Trinajstić information content (AvgIpc) is 2.52. The molecule has 2 rings (SSSR count). The molecule has 22 heavy (non-hydrogen) atoms. The summed E-state index contributed by atoms with van der Waals surface area (Å²) in [6.07, 6.45) is 8.31. The number of hydrogen-bond donors (Lipinski definition) is 2. The van der Waals surface area contributed by atoms with E-state index in [4.69, 9.17) is 4.84 Å². The summed E-state index contributed by atoms with van der Waals surface area (Å²) in [6.45, 7) is 4.00. The second kappa shape index (κ2) is 7.51. The van der Waals surface area contributed by atoms with Gasteiger partial charge in [-0.15, -0.1) is 0 Å².